The van der Waals surface area contributed by atoms with Gasteiger partial charge < -0.3 is 19.8 Å². The van der Waals surface area contributed by atoms with Gasteiger partial charge in [0.2, 0.25) is 0 Å². The van der Waals surface area contributed by atoms with Gasteiger partial charge in [-0.1, -0.05) is 12.1 Å². The lowest BCUT2D eigenvalue weighted by Gasteiger charge is -2.14. The number of benzene rings is 1. The number of rotatable bonds is 8. The molecule has 0 fully saturated rings. The number of H-pyrrole nitrogens is 1. The molecular weight excluding hydrogens is 280 g/mol. The number of methoxy groups -OCH3 is 1. The second-order valence-corrected chi connectivity index (χ2v) is 4.29. The van der Waals surface area contributed by atoms with Crippen molar-refractivity contribution in [3.05, 3.63) is 42.0 Å². The van der Waals surface area contributed by atoms with Crippen molar-refractivity contribution >= 4 is 0 Å². The van der Waals surface area contributed by atoms with E-state index in [9.17, 15) is 8.78 Å². The Morgan fingerprint density at radius 1 is 1.38 bits per heavy atom. The van der Waals surface area contributed by atoms with Crippen molar-refractivity contribution in [1.82, 2.24) is 15.3 Å². The number of nitrogens with zero attached hydrogens (tertiary/aromatic N) is 1. The van der Waals surface area contributed by atoms with Crippen LogP contribution >= 0.6 is 0 Å². The van der Waals surface area contributed by atoms with Crippen molar-refractivity contribution in [2.75, 3.05) is 13.7 Å². The summed E-state index contributed by atoms with van der Waals surface area (Å²) in [6, 6.07) is 5.05. The predicted octanol–water partition coefficient (Wildman–Crippen LogP) is 2.35. The highest BCUT2D eigenvalue weighted by atomic mass is 19.3. The summed E-state index contributed by atoms with van der Waals surface area (Å²) in [6.45, 7) is -1.82. The van der Waals surface area contributed by atoms with Crippen LogP contribution in [0.5, 0.6) is 11.5 Å². The van der Waals surface area contributed by atoms with Crippen molar-refractivity contribution in [2.45, 2.75) is 19.6 Å². The summed E-state index contributed by atoms with van der Waals surface area (Å²) >= 11 is 0. The molecule has 1 aromatic heterocycles. The highest BCUT2D eigenvalue weighted by molar-refractivity contribution is 5.46. The number of imidazole rings is 1. The van der Waals surface area contributed by atoms with E-state index in [2.05, 4.69) is 20.0 Å². The molecule has 2 aromatic rings. The van der Waals surface area contributed by atoms with Gasteiger partial charge in [-0.15, -0.1) is 0 Å². The fourth-order valence-electron chi connectivity index (χ4n) is 1.95. The van der Waals surface area contributed by atoms with Crippen LogP contribution in [-0.2, 0) is 13.0 Å². The van der Waals surface area contributed by atoms with E-state index < -0.39 is 6.61 Å². The Hall–Kier alpha value is -2.15. The molecule has 2 N–H and O–H groups in total. The maximum atomic E-state index is 12.5. The lowest BCUT2D eigenvalue weighted by molar-refractivity contribution is -0.0518. The van der Waals surface area contributed by atoms with Gasteiger partial charge in [0.25, 0.3) is 0 Å². The van der Waals surface area contributed by atoms with E-state index in [-0.39, 0.29) is 5.75 Å². The Labute approximate surface area is 121 Å². The molecule has 0 aliphatic heterocycles. The topological polar surface area (TPSA) is 59.2 Å². The molecule has 1 aromatic carbocycles. The third-order valence-electron chi connectivity index (χ3n) is 2.90. The molecular formula is C14H17F2N3O2. The van der Waals surface area contributed by atoms with Gasteiger partial charge in [0.05, 0.1) is 7.11 Å². The summed E-state index contributed by atoms with van der Waals surface area (Å²) in [6.07, 6.45) is 4.17. The molecule has 114 valence electrons. The van der Waals surface area contributed by atoms with Gasteiger partial charge >= 0.3 is 6.61 Å². The van der Waals surface area contributed by atoms with Crippen LogP contribution in [0.3, 0.4) is 0 Å². The monoisotopic (exact) mass is 297 g/mol. The smallest absolute Gasteiger partial charge is 0.387 e. The van der Waals surface area contributed by atoms with Crippen molar-refractivity contribution in [2.24, 2.45) is 0 Å². The second-order valence-electron chi connectivity index (χ2n) is 4.29. The van der Waals surface area contributed by atoms with Gasteiger partial charge in [-0.2, -0.15) is 8.78 Å². The maximum Gasteiger partial charge on any atom is 0.387 e. The fourth-order valence-corrected chi connectivity index (χ4v) is 1.95. The number of nitrogens with one attached hydrogen (secondary N) is 2. The lowest BCUT2D eigenvalue weighted by atomic mass is 10.2. The SMILES string of the molecule is COc1cccc(CNCCc2ncc[nH]2)c1OC(F)F. The van der Waals surface area contributed by atoms with Gasteiger partial charge in [-0.05, 0) is 6.07 Å². The molecule has 0 aliphatic carbocycles. The molecule has 7 heteroatoms. The number of aromatic amines is 1. The summed E-state index contributed by atoms with van der Waals surface area (Å²) < 4.78 is 34.6. The first-order valence-corrected chi connectivity index (χ1v) is 6.50. The van der Waals surface area contributed by atoms with Crippen LogP contribution in [0.15, 0.2) is 30.6 Å². The lowest BCUT2D eigenvalue weighted by Crippen LogP contribution is -2.18. The summed E-state index contributed by atoms with van der Waals surface area (Å²) in [7, 11) is 1.42. The fraction of sp³-hybridized carbons (Fsp3) is 0.357. The van der Waals surface area contributed by atoms with Gasteiger partial charge in [0.1, 0.15) is 5.82 Å². The molecule has 21 heavy (non-hydrogen) atoms. The van der Waals surface area contributed by atoms with Crippen LogP contribution in [0.1, 0.15) is 11.4 Å². The molecule has 0 spiro atoms. The summed E-state index contributed by atoms with van der Waals surface area (Å²) in [5.41, 5.74) is 0.620. The number of alkyl halides is 2. The standard InChI is InChI=1S/C14H17F2N3O2/c1-20-11-4-2-3-10(13(11)21-14(15)16)9-17-6-5-12-18-7-8-19-12/h2-4,7-8,14,17H,5-6,9H2,1H3,(H,18,19). The highest BCUT2D eigenvalue weighted by Gasteiger charge is 2.14. The van der Waals surface area contributed by atoms with Gasteiger partial charge in [-0.25, -0.2) is 4.98 Å². The number of para-hydroxylation sites is 1. The normalized spacial score (nSPS) is 10.9. The van der Waals surface area contributed by atoms with Crippen LogP contribution in [-0.4, -0.2) is 30.2 Å². The van der Waals surface area contributed by atoms with Crippen molar-refractivity contribution in [1.29, 1.82) is 0 Å². The van der Waals surface area contributed by atoms with Gasteiger partial charge in [-0.3, -0.25) is 0 Å². The zero-order valence-corrected chi connectivity index (χ0v) is 11.6. The highest BCUT2D eigenvalue weighted by Crippen LogP contribution is 2.32. The van der Waals surface area contributed by atoms with Gasteiger partial charge in [0, 0.05) is 37.5 Å². The molecule has 0 saturated carbocycles. The van der Waals surface area contributed by atoms with Crippen LogP contribution < -0.4 is 14.8 Å². The summed E-state index contributed by atoms with van der Waals surface area (Å²) in [4.78, 5) is 7.10. The maximum absolute atomic E-state index is 12.5. The first kappa shape index (κ1) is 15.2. The number of hydrogen-bond donors (Lipinski definition) is 2. The minimum absolute atomic E-state index is 0.0699. The molecule has 0 unspecified atom stereocenters. The van der Waals surface area contributed by atoms with Gasteiger partial charge in [0.15, 0.2) is 11.5 Å². The van der Waals surface area contributed by atoms with Crippen molar-refractivity contribution < 1.29 is 18.3 Å². The van der Waals surface area contributed by atoms with E-state index in [1.165, 1.54) is 7.11 Å². The van der Waals surface area contributed by atoms with E-state index >= 15 is 0 Å². The molecule has 0 radical (unpaired) electrons. The van der Waals surface area contributed by atoms with Crippen molar-refractivity contribution in [3.8, 4) is 11.5 Å². The summed E-state index contributed by atoms with van der Waals surface area (Å²) in [5, 5.41) is 3.16. The Balaban J connectivity index is 1.95. The Kier molecular flexibility index (Phi) is 5.51. The zero-order valence-electron chi connectivity index (χ0n) is 11.6. The quantitative estimate of drug-likeness (QED) is 0.734. The molecule has 2 rings (SSSR count). The van der Waals surface area contributed by atoms with E-state index in [0.29, 0.717) is 24.4 Å². The first-order valence-electron chi connectivity index (χ1n) is 6.50. The molecule has 0 bridgehead atoms. The largest absolute Gasteiger partial charge is 0.493 e. The zero-order chi connectivity index (χ0) is 15.1. The molecule has 0 atom stereocenters. The van der Waals surface area contributed by atoms with Crippen LogP contribution in [0, 0.1) is 0 Å². The van der Waals surface area contributed by atoms with Crippen molar-refractivity contribution in [3.63, 3.8) is 0 Å². The number of halogens is 2. The average Bonchev–Trinajstić information content (AvgIpc) is 2.97. The third-order valence-corrected chi connectivity index (χ3v) is 2.90. The van der Waals surface area contributed by atoms with E-state index in [1.807, 2.05) is 0 Å². The van der Waals surface area contributed by atoms with Crippen LogP contribution in [0.25, 0.3) is 0 Å². The second kappa shape index (κ2) is 7.58. The minimum atomic E-state index is -2.89. The summed E-state index contributed by atoms with van der Waals surface area (Å²) in [5.74, 6) is 1.23. The molecule has 1 heterocycles. The molecule has 0 saturated heterocycles. The van der Waals surface area contributed by atoms with Crippen LogP contribution in [0.2, 0.25) is 0 Å². The average molecular weight is 297 g/mol. The van der Waals surface area contributed by atoms with Crippen LogP contribution in [0.4, 0.5) is 8.78 Å². The van der Waals surface area contributed by atoms with E-state index in [4.69, 9.17) is 4.74 Å². The Morgan fingerprint density at radius 2 is 2.24 bits per heavy atom. The molecule has 0 amide bonds. The number of hydrogen-bond acceptors (Lipinski definition) is 4. The third kappa shape index (κ3) is 4.42. The van der Waals surface area contributed by atoms with E-state index in [1.54, 1.807) is 30.6 Å². The van der Waals surface area contributed by atoms with E-state index in [0.717, 1.165) is 12.2 Å². The number of ether oxygens (including phenoxy) is 2. The number of aromatic nitrogens is 2. The minimum Gasteiger partial charge on any atom is -0.493 e. The molecule has 5 nitrogen and oxygen atoms in total. The first-order chi connectivity index (χ1) is 10.2. The predicted molar refractivity (Wildman–Crippen MR) is 73.6 cm³/mol. The Bertz CT molecular complexity index is 547. The Morgan fingerprint density at radius 3 is 2.90 bits per heavy atom. The molecule has 0 aliphatic rings.